The summed E-state index contributed by atoms with van der Waals surface area (Å²) in [7, 11) is 0. The van der Waals surface area contributed by atoms with E-state index in [4.69, 9.17) is 0 Å². The molecule has 1 saturated carbocycles. The van der Waals surface area contributed by atoms with Crippen molar-refractivity contribution in [2.75, 3.05) is 5.32 Å². The Bertz CT molecular complexity index is 325. The fraction of sp³-hybridized carbons (Fsp3) is 0.500. The Balaban J connectivity index is 1.98. The van der Waals surface area contributed by atoms with E-state index < -0.39 is 0 Å². The Morgan fingerprint density at radius 1 is 1.18 bits per heavy atom. The minimum absolute atomic E-state index is 0.565. The summed E-state index contributed by atoms with van der Waals surface area (Å²) < 4.78 is 0. The normalized spacial score (nSPS) is 18.6. The molecule has 92 valence electrons. The third kappa shape index (κ3) is 3.62. The maximum absolute atomic E-state index is 3.90. The molecule has 0 spiro atoms. The molecule has 1 heteroatoms. The Labute approximate surface area is 105 Å². The van der Waals surface area contributed by atoms with Gasteiger partial charge in [-0.05, 0) is 37.3 Å². The molecule has 0 bridgehead atoms. The van der Waals surface area contributed by atoms with Crippen molar-refractivity contribution in [3.8, 4) is 0 Å². The van der Waals surface area contributed by atoms with E-state index in [1.165, 1.54) is 37.8 Å². The van der Waals surface area contributed by atoms with E-state index in [2.05, 4.69) is 48.3 Å². The van der Waals surface area contributed by atoms with E-state index in [1.54, 1.807) is 0 Å². The molecular formula is C16H23N. The monoisotopic (exact) mass is 229 g/mol. The summed E-state index contributed by atoms with van der Waals surface area (Å²) in [4.78, 5) is 0. The second-order valence-corrected chi connectivity index (χ2v) is 5.04. The zero-order valence-corrected chi connectivity index (χ0v) is 10.6. The molecule has 1 aromatic rings. The van der Waals surface area contributed by atoms with Crippen LogP contribution in [-0.2, 0) is 0 Å². The number of para-hydroxylation sites is 1. The summed E-state index contributed by atoms with van der Waals surface area (Å²) in [5, 5.41) is 3.68. The summed E-state index contributed by atoms with van der Waals surface area (Å²) in [6.45, 7) is 3.90. The third-order valence-corrected chi connectivity index (χ3v) is 3.77. The standard InChI is InChI=1S/C16H23N/c1-2-9-16(14-10-5-3-6-11-14)17-15-12-7-4-8-13-15/h2,4,7-8,12-14,16-17H,1,3,5-6,9-11H2/t16-/m0/s1. The van der Waals surface area contributed by atoms with Gasteiger partial charge >= 0.3 is 0 Å². The van der Waals surface area contributed by atoms with Crippen LogP contribution < -0.4 is 5.32 Å². The fourth-order valence-corrected chi connectivity index (χ4v) is 2.83. The fourth-order valence-electron chi connectivity index (χ4n) is 2.83. The van der Waals surface area contributed by atoms with Gasteiger partial charge in [0.1, 0.15) is 0 Å². The number of anilines is 1. The van der Waals surface area contributed by atoms with Gasteiger partial charge in [-0.1, -0.05) is 43.5 Å². The minimum atomic E-state index is 0.565. The van der Waals surface area contributed by atoms with Crippen LogP contribution in [0.4, 0.5) is 5.69 Å². The molecule has 0 aromatic heterocycles. The second-order valence-electron chi connectivity index (χ2n) is 5.04. The van der Waals surface area contributed by atoms with E-state index >= 15 is 0 Å². The molecule has 2 rings (SSSR count). The van der Waals surface area contributed by atoms with Gasteiger partial charge in [-0.15, -0.1) is 6.58 Å². The molecule has 1 nitrogen and oxygen atoms in total. The molecule has 0 unspecified atom stereocenters. The summed E-state index contributed by atoms with van der Waals surface area (Å²) in [6.07, 6.45) is 10.1. The van der Waals surface area contributed by atoms with Crippen molar-refractivity contribution in [1.29, 1.82) is 0 Å². The third-order valence-electron chi connectivity index (χ3n) is 3.77. The molecule has 1 aliphatic carbocycles. The van der Waals surface area contributed by atoms with E-state index in [-0.39, 0.29) is 0 Å². The lowest BCUT2D eigenvalue weighted by Crippen LogP contribution is -2.30. The van der Waals surface area contributed by atoms with Crippen molar-refractivity contribution in [2.45, 2.75) is 44.6 Å². The van der Waals surface area contributed by atoms with Gasteiger partial charge in [0.2, 0.25) is 0 Å². The van der Waals surface area contributed by atoms with E-state index in [1.807, 2.05) is 0 Å². The number of hydrogen-bond acceptors (Lipinski definition) is 1. The number of nitrogens with one attached hydrogen (secondary N) is 1. The molecule has 1 atom stereocenters. The van der Waals surface area contributed by atoms with Crippen LogP contribution >= 0.6 is 0 Å². The lowest BCUT2D eigenvalue weighted by molar-refractivity contribution is 0.318. The summed E-state index contributed by atoms with van der Waals surface area (Å²) in [5.74, 6) is 0.821. The molecule has 0 heterocycles. The molecule has 1 N–H and O–H groups in total. The molecule has 0 amide bonds. The highest BCUT2D eigenvalue weighted by atomic mass is 14.9. The Hall–Kier alpha value is -1.24. The van der Waals surface area contributed by atoms with Crippen LogP contribution in [0, 0.1) is 5.92 Å². The zero-order chi connectivity index (χ0) is 11.9. The topological polar surface area (TPSA) is 12.0 Å². The van der Waals surface area contributed by atoms with E-state index in [9.17, 15) is 0 Å². The van der Waals surface area contributed by atoms with Gasteiger partial charge in [-0.2, -0.15) is 0 Å². The molecule has 1 aromatic carbocycles. The first-order valence-electron chi connectivity index (χ1n) is 6.82. The smallest absolute Gasteiger partial charge is 0.0342 e. The molecule has 0 aliphatic heterocycles. The maximum Gasteiger partial charge on any atom is 0.0342 e. The van der Waals surface area contributed by atoms with Gasteiger partial charge in [-0.25, -0.2) is 0 Å². The largest absolute Gasteiger partial charge is 0.382 e. The summed E-state index contributed by atoms with van der Waals surface area (Å²) >= 11 is 0. The maximum atomic E-state index is 3.90. The van der Waals surface area contributed by atoms with Crippen LogP contribution in [0.15, 0.2) is 43.0 Å². The highest BCUT2D eigenvalue weighted by Gasteiger charge is 2.22. The minimum Gasteiger partial charge on any atom is -0.382 e. The number of hydrogen-bond donors (Lipinski definition) is 1. The van der Waals surface area contributed by atoms with Crippen LogP contribution in [0.3, 0.4) is 0 Å². The van der Waals surface area contributed by atoms with Crippen molar-refractivity contribution in [2.24, 2.45) is 5.92 Å². The van der Waals surface area contributed by atoms with Crippen LogP contribution in [0.1, 0.15) is 38.5 Å². The summed E-state index contributed by atoms with van der Waals surface area (Å²) in [6, 6.07) is 11.1. The quantitative estimate of drug-likeness (QED) is 0.726. The Morgan fingerprint density at radius 3 is 2.53 bits per heavy atom. The molecule has 17 heavy (non-hydrogen) atoms. The Kier molecular flexibility index (Phi) is 4.66. The van der Waals surface area contributed by atoms with Crippen LogP contribution in [0.25, 0.3) is 0 Å². The van der Waals surface area contributed by atoms with Crippen LogP contribution in [0.2, 0.25) is 0 Å². The zero-order valence-electron chi connectivity index (χ0n) is 10.6. The van der Waals surface area contributed by atoms with E-state index in [0.717, 1.165) is 12.3 Å². The average Bonchev–Trinajstić information content (AvgIpc) is 2.40. The number of benzene rings is 1. The summed E-state index contributed by atoms with van der Waals surface area (Å²) in [5.41, 5.74) is 1.24. The van der Waals surface area contributed by atoms with Crippen molar-refractivity contribution < 1.29 is 0 Å². The van der Waals surface area contributed by atoms with Gasteiger partial charge in [0.25, 0.3) is 0 Å². The molecule has 0 radical (unpaired) electrons. The Morgan fingerprint density at radius 2 is 1.88 bits per heavy atom. The molecular weight excluding hydrogens is 206 g/mol. The van der Waals surface area contributed by atoms with Gasteiger partial charge in [-0.3, -0.25) is 0 Å². The highest BCUT2D eigenvalue weighted by Crippen LogP contribution is 2.29. The van der Waals surface area contributed by atoms with Crippen molar-refractivity contribution in [3.63, 3.8) is 0 Å². The molecule has 0 saturated heterocycles. The first-order chi connectivity index (χ1) is 8.40. The predicted octanol–water partition coefficient (Wildman–Crippen LogP) is 4.62. The highest BCUT2D eigenvalue weighted by molar-refractivity contribution is 5.43. The molecule has 1 fully saturated rings. The first-order valence-corrected chi connectivity index (χ1v) is 6.82. The average molecular weight is 229 g/mol. The van der Waals surface area contributed by atoms with E-state index in [0.29, 0.717) is 6.04 Å². The van der Waals surface area contributed by atoms with Crippen LogP contribution in [0.5, 0.6) is 0 Å². The van der Waals surface area contributed by atoms with Gasteiger partial charge in [0, 0.05) is 11.7 Å². The lowest BCUT2D eigenvalue weighted by Gasteiger charge is -2.31. The second kappa shape index (κ2) is 6.48. The van der Waals surface area contributed by atoms with Crippen molar-refractivity contribution in [1.82, 2.24) is 0 Å². The first kappa shape index (κ1) is 12.2. The van der Waals surface area contributed by atoms with Crippen molar-refractivity contribution in [3.05, 3.63) is 43.0 Å². The van der Waals surface area contributed by atoms with Gasteiger partial charge in [0.05, 0.1) is 0 Å². The van der Waals surface area contributed by atoms with Gasteiger partial charge < -0.3 is 5.32 Å². The number of rotatable bonds is 5. The molecule has 1 aliphatic rings. The lowest BCUT2D eigenvalue weighted by atomic mass is 9.82. The van der Waals surface area contributed by atoms with Crippen molar-refractivity contribution >= 4 is 5.69 Å². The predicted molar refractivity (Wildman–Crippen MR) is 75.2 cm³/mol. The SMILES string of the molecule is C=CC[C@H](Nc1ccccc1)C1CCCCC1. The van der Waals surface area contributed by atoms with Crippen LogP contribution in [-0.4, -0.2) is 6.04 Å². The van der Waals surface area contributed by atoms with Gasteiger partial charge in [0.15, 0.2) is 0 Å².